The zero-order valence-corrected chi connectivity index (χ0v) is 9.87. The van der Waals surface area contributed by atoms with E-state index >= 15 is 0 Å². The molecule has 0 aromatic heterocycles. The Morgan fingerprint density at radius 2 is 1.64 bits per heavy atom. The predicted octanol–water partition coefficient (Wildman–Crippen LogP) is 3.57. The van der Waals surface area contributed by atoms with Gasteiger partial charge in [-0.2, -0.15) is 0 Å². The lowest BCUT2D eigenvalue weighted by atomic mass is 9.91. The van der Waals surface area contributed by atoms with Crippen molar-refractivity contribution in [2.75, 3.05) is 0 Å². The first kappa shape index (κ1) is 10.2. The summed E-state index contributed by atoms with van der Waals surface area (Å²) in [7, 11) is 1.04. The van der Waals surface area contributed by atoms with Gasteiger partial charge in [-0.25, -0.2) is 0 Å². The number of hydrogen-bond acceptors (Lipinski definition) is 0. The summed E-state index contributed by atoms with van der Waals surface area (Å²) in [5.41, 5.74) is 0.980. The van der Waals surface area contributed by atoms with Crippen LogP contribution in [-0.4, -0.2) is 5.66 Å². The van der Waals surface area contributed by atoms with E-state index in [-0.39, 0.29) is 0 Å². The highest BCUT2D eigenvalue weighted by molar-refractivity contribution is 7.48. The van der Waals surface area contributed by atoms with E-state index in [9.17, 15) is 0 Å². The molecule has 1 fully saturated rings. The summed E-state index contributed by atoms with van der Waals surface area (Å²) in [6, 6.07) is 11.0. The van der Waals surface area contributed by atoms with Crippen LogP contribution in [0.3, 0.4) is 0 Å². The van der Waals surface area contributed by atoms with Gasteiger partial charge >= 0.3 is 0 Å². The molecule has 1 aliphatic carbocycles. The van der Waals surface area contributed by atoms with E-state index in [1.54, 1.807) is 5.30 Å². The van der Waals surface area contributed by atoms with Gasteiger partial charge in [-0.05, 0) is 29.7 Å². The molecule has 1 unspecified atom stereocenters. The summed E-state index contributed by atoms with van der Waals surface area (Å²) in [5, 5.41) is 1.55. The van der Waals surface area contributed by atoms with Crippen LogP contribution in [0.5, 0.6) is 0 Å². The Balaban J connectivity index is 1.87. The molecule has 0 radical (unpaired) electrons. The minimum absolute atomic E-state index is 0.979. The highest BCUT2D eigenvalue weighted by Crippen LogP contribution is 2.34. The standard InChI is InChI=1S/C13H19P/c1-11-7-9-13(10-8-11)14-12-5-3-2-4-6-12/h2-6,11,13-14H,7-10H2,1H3. The first-order valence-electron chi connectivity index (χ1n) is 5.66. The van der Waals surface area contributed by atoms with Crippen molar-refractivity contribution < 1.29 is 0 Å². The summed E-state index contributed by atoms with van der Waals surface area (Å²) < 4.78 is 0. The molecule has 0 amide bonds. The van der Waals surface area contributed by atoms with Gasteiger partial charge in [-0.3, -0.25) is 0 Å². The van der Waals surface area contributed by atoms with Crippen LogP contribution < -0.4 is 5.30 Å². The van der Waals surface area contributed by atoms with Crippen LogP contribution in [0.15, 0.2) is 30.3 Å². The van der Waals surface area contributed by atoms with Crippen molar-refractivity contribution in [2.24, 2.45) is 5.92 Å². The van der Waals surface area contributed by atoms with E-state index in [4.69, 9.17) is 0 Å². The van der Waals surface area contributed by atoms with Gasteiger partial charge in [0.15, 0.2) is 0 Å². The fourth-order valence-corrected chi connectivity index (χ4v) is 3.65. The first-order valence-corrected chi connectivity index (χ1v) is 6.74. The maximum absolute atomic E-state index is 2.39. The second-order valence-electron chi connectivity index (χ2n) is 4.47. The minimum Gasteiger partial charge on any atom is -0.0872 e. The summed E-state index contributed by atoms with van der Waals surface area (Å²) in [6.07, 6.45) is 5.80. The van der Waals surface area contributed by atoms with Crippen molar-refractivity contribution in [1.82, 2.24) is 0 Å². The molecule has 0 heterocycles. The van der Waals surface area contributed by atoms with Crippen LogP contribution in [0.4, 0.5) is 0 Å². The van der Waals surface area contributed by atoms with Gasteiger partial charge in [-0.1, -0.05) is 58.7 Å². The van der Waals surface area contributed by atoms with E-state index in [1.807, 2.05) is 0 Å². The van der Waals surface area contributed by atoms with Crippen molar-refractivity contribution >= 4 is 13.9 Å². The minimum atomic E-state index is 0.979. The van der Waals surface area contributed by atoms with E-state index < -0.39 is 0 Å². The predicted molar refractivity (Wildman–Crippen MR) is 65.8 cm³/mol. The lowest BCUT2D eigenvalue weighted by molar-refractivity contribution is 0.392. The molecule has 1 aliphatic rings. The van der Waals surface area contributed by atoms with Gasteiger partial charge in [0.1, 0.15) is 0 Å². The van der Waals surface area contributed by atoms with Crippen LogP contribution in [-0.2, 0) is 0 Å². The Kier molecular flexibility index (Phi) is 3.59. The Morgan fingerprint density at radius 1 is 1.00 bits per heavy atom. The first-order chi connectivity index (χ1) is 6.84. The Labute approximate surface area is 88.9 Å². The fourth-order valence-electron chi connectivity index (χ4n) is 2.17. The molecule has 0 spiro atoms. The molecule has 2 rings (SSSR count). The molecule has 1 atom stereocenters. The summed E-state index contributed by atoms with van der Waals surface area (Å²) in [5.74, 6) is 0.979. The van der Waals surface area contributed by atoms with Gasteiger partial charge in [0.2, 0.25) is 0 Å². The SMILES string of the molecule is CC1CCC(Pc2ccccc2)CC1. The zero-order chi connectivity index (χ0) is 9.80. The Hall–Kier alpha value is -0.350. The van der Waals surface area contributed by atoms with Gasteiger partial charge in [0, 0.05) is 0 Å². The molecule has 0 nitrogen and oxygen atoms in total. The van der Waals surface area contributed by atoms with Crippen molar-refractivity contribution in [2.45, 2.75) is 38.3 Å². The third-order valence-corrected chi connectivity index (χ3v) is 4.81. The number of hydrogen-bond donors (Lipinski definition) is 0. The monoisotopic (exact) mass is 206 g/mol. The molecule has 14 heavy (non-hydrogen) atoms. The quantitative estimate of drug-likeness (QED) is 0.649. The molecular formula is C13H19P. The second kappa shape index (κ2) is 4.94. The van der Waals surface area contributed by atoms with E-state index in [2.05, 4.69) is 37.3 Å². The van der Waals surface area contributed by atoms with Crippen LogP contribution in [0.1, 0.15) is 32.6 Å². The molecule has 1 aromatic carbocycles. The lowest BCUT2D eigenvalue weighted by Crippen LogP contribution is -2.15. The van der Waals surface area contributed by atoms with E-state index in [1.165, 1.54) is 25.7 Å². The summed E-state index contributed by atoms with van der Waals surface area (Å²) in [4.78, 5) is 0. The van der Waals surface area contributed by atoms with Crippen LogP contribution in [0.25, 0.3) is 0 Å². The Bertz CT molecular complexity index is 260. The molecule has 0 N–H and O–H groups in total. The molecule has 0 aliphatic heterocycles. The second-order valence-corrected chi connectivity index (χ2v) is 6.15. The average Bonchev–Trinajstić information content (AvgIpc) is 2.23. The van der Waals surface area contributed by atoms with Gasteiger partial charge in [-0.15, -0.1) is 0 Å². The summed E-state index contributed by atoms with van der Waals surface area (Å²) in [6.45, 7) is 2.39. The van der Waals surface area contributed by atoms with Crippen LogP contribution in [0, 0.1) is 5.92 Å². The summed E-state index contributed by atoms with van der Waals surface area (Å²) >= 11 is 0. The smallest absolute Gasteiger partial charge is 0.0196 e. The number of rotatable bonds is 2. The van der Waals surface area contributed by atoms with Crippen molar-refractivity contribution in [1.29, 1.82) is 0 Å². The zero-order valence-electron chi connectivity index (χ0n) is 8.87. The Morgan fingerprint density at radius 3 is 2.29 bits per heavy atom. The molecule has 1 heteroatoms. The normalized spacial score (nSPS) is 28.4. The average molecular weight is 206 g/mol. The highest BCUT2D eigenvalue weighted by Gasteiger charge is 2.17. The third kappa shape index (κ3) is 2.82. The van der Waals surface area contributed by atoms with Crippen LogP contribution in [0.2, 0.25) is 0 Å². The van der Waals surface area contributed by atoms with Gasteiger partial charge < -0.3 is 0 Å². The maximum atomic E-state index is 2.39. The fraction of sp³-hybridized carbons (Fsp3) is 0.538. The van der Waals surface area contributed by atoms with Crippen molar-refractivity contribution in [3.05, 3.63) is 30.3 Å². The third-order valence-electron chi connectivity index (χ3n) is 3.16. The van der Waals surface area contributed by atoms with E-state index in [0.29, 0.717) is 0 Å². The highest BCUT2D eigenvalue weighted by atomic mass is 31.1. The van der Waals surface area contributed by atoms with Crippen molar-refractivity contribution in [3.63, 3.8) is 0 Å². The molecule has 0 saturated heterocycles. The molecular weight excluding hydrogens is 187 g/mol. The molecule has 1 saturated carbocycles. The van der Waals surface area contributed by atoms with Gasteiger partial charge in [0.05, 0.1) is 0 Å². The molecule has 0 bridgehead atoms. The van der Waals surface area contributed by atoms with Crippen molar-refractivity contribution in [3.8, 4) is 0 Å². The number of benzene rings is 1. The maximum Gasteiger partial charge on any atom is -0.0196 e. The largest absolute Gasteiger partial charge is 0.0872 e. The lowest BCUT2D eigenvalue weighted by Gasteiger charge is -2.26. The van der Waals surface area contributed by atoms with Gasteiger partial charge in [0.25, 0.3) is 0 Å². The van der Waals surface area contributed by atoms with E-state index in [0.717, 1.165) is 20.2 Å². The molecule has 76 valence electrons. The molecule has 1 aromatic rings. The van der Waals surface area contributed by atoms with Crippen LogP contribution >= 0.6 is 8.58 Å². The topological polar surface area (TPSA) is 0 Å².